The van der Waals surface area contributed by atoms with E-state index in [1.165, 1.54) is 4.90 Å². The van der Waals surface area contributed by atoms with Crippen LogP contribution in [0, 0.1) is 0 Å². The molecule has 3 rings (SSSR count). The molecule has 0 aromatic heterocycles. The molecule has 5 heteroatoms. The Bertz CT molecular complexity index is 727. The maximum atomic E-state index is 12.5. The molecular formula is C16H16N2O3. The fourth-order valence-electron chi connectivity index (χ4n) is 2.53. The molecule has 0 radical (unpaired) electrons. The number of likely N-dealkylation sites (N-methyl/N-ethyl adjacent to an activating group) is 1. The second kappa shape index (κ2) is 5.09. The number of hydrogen-bond acceptors (Lipinski definition) is 3. The van der Waals surface area contributed by atoms with E-state index in [2.05, 4.69) is 0 Å². The quantitative estimate of drug-likeness (QED) is 0.862. The third kappa shape index (κ3) is 2.31. The molecule has 108 valence electrons. The van der Waals surface area contributed by atoms with Crippen molar-refractivity contribution in [3.8, 4) is 5.75 Å². The number of rotatable bonds is 1. The first-order valence-electron chi connectivity index (χ1n) is 6.82. The Balaban J connectivity index is 1.95. The van der Waals surface area contributed by atoms with E-state index in [0.29, 0.717) is 18.5 Å². The van der Waals surface area contributed by atoms with Gasteiger partial charge in [-0.15, -0.1) is 0 Å². The third-order valence-corrected chi connectivity index (χ3v) is 3.88. The Morgan fingerprint density at radius 2 is 1.90 bits per heavy atom. The lowest BCUT2D eigenvalue weighted by atomic mass is 10.0. The van der Waals surface area contributed by atoms with Gasteiger partial charge in [-0.3, -0.25) is 9.59 Å². The molecule has 21 heavy (non-hydrogen) atoms. The summed E-state index contributed by atoms with van der Waals surface area (Å²) in [5, 5.41) is 11.8. The molecular weight excluding hydrogens is 268 g/mol. The lowest BCUT2D eigenvalue weighted by Crippen LogP contribution is -2.50. The summed E-state index contributed by atoms with van der Waals surface area (Å²) in [6.45, 7) is 1.05. The molecule has 0 aliphatic carbocycles. The summed E-state index contributed by atoms with van der Waals surface area (Å²) in [6, 6.07) is 10.8. The first kappa shape index (κ1) is 13.4. The van der Waals surface area contributed by atoms with Crippen LogP contribution in [0.5, 0.6) is 5.75 Å². The smallest absolute Gasteiger partial charge is 0.258 e. The van der Waals surface area contributed by atoms with E-state index >= 15 is 0 Å². The highest BCUT2D eigenvalue weighted by molar-refractivity contribution is 6.04. The average Bonchev–Trinajstić information content (AvgIpc) is 2.50. The molecule has 1 fully saturated rings. The Kier molecular flexibility index (Phi) is 3.25. The van der Waals surface area contributed by atoms with Gasteiger partial charge < -0.3 is 14.9 Å². The van der Waals surface area contributed by atoms with Crippen molar-refractivity contribution in [1.29, 1.82) is 0 Å². The van der Waals surface area contributed by atoms with E-state index in [-0.39, 0.29) is 29.7 Å². The van der Waals surface area contributed by atoms with Gasteiger partial charge in [0, 0.05) is 25.5 Å². The number of amides is 2. The Hall–Kier alpha value is -2.56. The molecule has 1 heterocycles. The van der Waals surface area contributed by atoms with Gasteiger partial charge in [-0.1, -0.05) is 30.3 Å². The second-order valence-corrected chi connectivity index (χ2v) is 5.22. The lowest BCUT2D eigenvalue weighted by molar-refractivity contribution is -0.133. The fraction of sp³-hybridized carbons (Fsp3) is 0.250. The van der Waals surface area contributed by atoms with Crippen molar-refractivity contribution in [2.24, 2.45) is 0 Å². The van der Waals surface area contributed by atoms with Crippen molar-refractivity contribution in [3.63, 3.8) is 0 Å². The van der Waals surface area contributed by atoms with Gasteiger partial charge in [-0.05, 0) is 11.5 Å². The lowest BCUT2D eigenvalue weighted by Gasteiger charge is -2.32. The summed E-state index contributed by atoms with van der Waals surface area (Å²) in [4.78, 5) is 27.3. The Morgan fingerprint density at radius 3 is 2.67 bits per heavy atom. The molecule has 2 aromatic rings. The molecule has 0 spiro atoms. The monoisotopic (exact) mass is 284 g/mol. The van der Waals surface area contributed by atoms with Gasteiger partial charge in [-0.2, -0.15) is 0 Å². The standard InChI is InChI=1S/C16H16N2O3/c1-17-8-9-18(10-14(17)19)16(21)13-7-6-11-4-2-3-5-12(11)15(13)20/h2-7,20H,8-10H2,1H3. The average molecular weight is 284 g/mol. The number of hydrogen-bond donors (Lipinski definition) is 1. The topological polar surface area (TPSA) is 60.9 Å². The van der Waals surface area contributed by atoms with Gasteiger partial charge in [-0.25, -0.2) is 0 Å². The van der Waals surface area contributed by atoms with E-state index in [1.807, 2.05) is 18.2 Å². The first-order chi connectivity index (χ1) is 10.1. The minimum atomic E-state index is -0.306. The highest BCUT2D eigenvalue weighted by Crippen LogP contribution is 2.29. The van der Waals surface area contributed by atoms with Crippen LogP contribution in [-0.2, 0) is 4.79 Å². The van der Waals surface area contributed by atoms with Gasteiger partial charge in [0.2, 0.25) is 5.91 Å². The Labute approximate surface area is 122 Å². The highest BCUT2D eigenvalue weighted by atomic mass is 16.3. The van der Waals surface area contributed by atoms with Crippen molar-refractivity contribution in [3.05, 3.63) is 42.0 Å². The van der Waals surface area contributed by atoms with Crippen LogP contribution in [0.3, 0.4) is 0 Å². The number of nitrogens with zero attached hydrogens (tertiary/aromatic N) is 2. The number of phenols is 1. The number of phenolic OH excluding ortho intramolecular Hbond substituents is 1. The normalized spacial score (nSPS) is 15.6. The zero-order valence-electron chi connectivity index (χ0n) is 11.7. The molecule has 5 nitrogen and oxygen atoms in total. The van der Waals surface area contributed by atoms with Crippen LogP contribution >= 0.6 is 0 Å². The maximum Gasteiger partial charge on any atom is 0.258 e. The van der Waals surface area contributed by atoms with Crippen molar-refractivity contribution >= 4 is 22.6 Å². The number of carbonyl (C=O) groups excluding carboxylic acids is 2. The van der Waals surface area contributed by atoms with Crippen molar-refractivity contribution < 1.29 is 14.7 Å². The van der Waals surface area contributed by atoms with E-state index in [4.69, 9.17) is 0 Å². The zero-order chi connectivity index (χ0) is 15.0. The van der Waals surface area contributed by atoms with Crippen molar-refractivity contribution in [1.82, 2.24) is 9.80 Å². The maximum absolute atomic E-state index is 12.5. The third-order valence-electron chi connectivity index (χ3n) is 3.88. The van der Waals surface area contributed by atoms with Crippen LogP contribution in [0.25, 0.3) is 10.8 Å². The summed E-state index contributed by atoms with van der Waals surface area (Å²) < 4.78 is 0. The van der Waals surface area contributed by atoms with Crippen LogP contribution in [0.15, 0.2) is 36.4 Å². The fourth-order valence-corrected chi connectivity index (χ4v) is 2.53. The van der Waals surface area contributed by atoms with E-state index in [0.717, 1.165) is 5.39 Å². The summed E-state index contributed by atoms with van der Waals surface area (Å²) in [6.07, 6.45) is 0. The van der Waals surface area contributed by atoms with E-state index in [9.17, 15) is 14.7 Å². The van der Waals surface area contributed by atoms with E-state index < -0.39 is 0 Å². The molecule has 2 amide bonds. The largest absolute Gasteiger partial charge is 0.506 e. The molecule has 1 saturated heterocycles. The van der Waals surface area contributed by atoms with Crippen LogP contribution in [0.4, 0.5) is 0 Å². The van der Waals surface area contributed by atoms with Crippen LogP contribution in [-0.4, -0.2) is 53.4 Å². The molecule has 1 aliphatic heterocycles. The van der Waals surface area contributed by atoms with Crippen LogP contribution < -0.4 is 0 Å². The van der Waals surface area contributed by atoms with Gasteiger partial charge in [0.25, 0.3) is 5.91 Å². The molecule has 0 bridgehead atoms. The summed E-state index contributed by atoms with van der Waals surface area (Å²) >= 11 is 0. The number of piperazine rings is 1. The van der Waals surface area contributed by atoms with Gasteiger partial charge in [0.15, 0.2) is 0 Å². The molecule has 2 aromatic carbocycles. The van der Waals surface area contributed by atoms with Crippen molar-refractivity contribution in [2.75, 3.05) is 26.7 Å². The second-order valence-electron chi connectivity index (χ2n) is 5.22. The SMILES string of the molecule is CN1CCN(C(=O)c2ccc3ccccc3c2O)CC1=O. The minimum Gasteiger partial charge on any atom is -0.506 e. The number of fused-ring (bicyclic) bond motifs is 1. The number of carbonyl (C=O) groups is 2. The minimum absolute atomic E-state index is 0.0236. The predicted octanol–water partition coefficient (Wildman–Crippen LogP) is 1.46. The highest BCUT2D eigenvalue weighted by Gasteiger charge is 2.27. The number of benzene rings is 2. The van der Waals surface area contributed by atoms with Crippen LogP contribution in [0.1, 0.15) is 10.4 Å². The number of aromatic hydroxyl groups is 1. The summed E-state index contributed by atoms with van der Waals surface area (Å²) in [7, 11) is 1.72. The zero-order valence-corrected chi connectivity index (χ0v) is 11.7. The predicted molar refractivity (Wildman–Crippen MR) is 79.2 cm³/mol. The summed E-state index contributed by atoms with van der Waals surface area (Å²) in [5.74, 6) is -0.418. The Morgan fingerprint density at radius 1 is 1.14 bits per heavy atom. The van der Waals surface area contributed by atoms with Crippen molar-refractivity contribution in [2.45, 2.75) is 0 Å². The molecule has 1 N–H and O–H groups in total. The van der Waals surface area contributed by atoms with Gasteiger partial charge in [0.05, 0.1) is 5.56 Å². The summed E-state index contributed by atoms with van der Waals surface area (Å²) in [5.41, 5.74) is 0.242. The van der Waals surface area contributed by atoms with E-state index in [1.54, 1.807) is 30.1 Å². The van der Waals surface area contributed by atoms with Crippen LogP contribution in [0.2, 0.25) is 0 Å². The van der Waals surface area contributed by atoms with Gasteiger partial charge in [0.1, 0.15) is 12.3 Å². The molecule has 1 aliphatic rings. The molecule has 0 unspecified atom stereocenters. The first-order valence-corrected chi connectivity index (χ1v) is 6.82. The molecule has 0 saturated carbocycles. The van der Waals surface area contributed by atoms with Gasteiger partial charge >= 0.3 is 0 Å². The molecule has 0 atom stereocenters.